The van der Waals surface area contributed by atoms with Gasteiger partial charge in [0.15, 0.2) is 0 Å². The number of ether oxygens (including phenoxy) is 1. The Morgan fingerprint density at radius 3 is 2.21 bits per heavy atom. The van der Waals surface area contributed by atoms with E-state index in [0.29, 0.717) is 16.9 Å². The van der Waals surface area contributed by atoms with Crippen LogP contribution in [0.2, 0.25) is 0 Å². The number of carbonyl (C=O) groups is 3. The van der Waals surface area contributed by atoms with Gasteiger partial charge >= 0.3 is 5.97 Å². The van der Waals surface area contributed by atoms with Crippen LogP contribution in [0.4, 0.5) is 4.39 Å². The molecule has 0 aliphatic carbocycles. The van der Waals surface area contributed by atoms with Crippen molar-refractivity contribution in [1.82, 2.24) is 10.6 Å². The number of aliphatic carboxylic acids is 1. The van der Waals surface area contributed by atoms with E-state index < -0.39 is 35.7 Å². The smallest absolute Gasteiger partial charge is 0.326 e. The summed E-state index contributed by atoms with van der Waals surface area (Å²) in [5, 5.41) is 14.4. The van der Waals surface area contributed by atoms with Crippen LogP contribution >= 0.6 is 0 Å². The number of carboxylic acid groups (broad SMARTS) is 1. The highest BCUT2D eigenvalue weighted by Gasteiger charge is 2.26. The number of methoxy groups -OCH3 is 1. The second kappa shape index (κ2) is 10.2. The molecule has 0 spiro atoms. The third-order valence-corrected chi connectivity index (χ3v) is 4.24. The van der Waals surface area contributed by atoms with Crippen molar-refractivity contribution in [1.29, 1.82) is 0 Å². The minimum Gasteiger partial charge on any atom is -0.497 e. The molecule has 154 valence electrons. The van der Waals surface area contributed by atoms with Crippen molar-refractivity contribution in [2.75, 3.05) is 7.11 Å². The molecule has 0 aliphatic heterocycles. The quantitative estimate of drug-likeness (QED) is 0.592. The molecule has 7 nitrogen and oxygen atoms in total. The SMILES string of the molecule is COc1ccc(C[C@@H](NC(=O)[C@@H](Cc2cccc(F)c2)NC(C)=O)C(=O)O)cc1. The zero-order valence-corrected chi connectivity index (χ0v) is 16.1. The lowest BCUT2D eigenvalue weighted by atomic mass is 10.0. The monoisotopic (exact) mass is 402 g/mol. The fourth-order valence-corrected chi connectivity index (χ4v) is 2.82. The molecular weight excluding hydrogens is 379 g/mol. The molecule has 3 N–H and O–H groups in total. The minimum absolute atomic E-state index is 0.0258. The van der Waals surface area contributed by atoms with Crippen LogP contribution in [-0.2, 0) is 27.2 Å². The fourth-order valence-electron chi connectivity index (χ4n) is 2.82. The summed E-state index contributed by atoms with van der Waals surface area (Å²) in [6.45, 7) is 1.25. The van der Waals surface area contributed by atoms with Crippen LogP contribution < -0.4 is 15.4 Å². The number of hydrogen-bond donors (Lipinski definition) is 3. The predicted octanol–water partition coefficient (Wildman–Crippen LogP) is 1.69. The van der Waals surface area contributed by atoms with Gasteiger partial charge < -0.3 is 20.5 Å². The van der Waals surface area contributed by atoms with Crippen molar-refractivity contribution < 1.29 is 28.6 Å². The Bertz CT molecular complexity index is 870. The molecule has 2 aromatic carbocycles. The van der Waals surface area contributed by atoms with Crippen molar-refractivity contribution in [2.24, 2.45) is 0 Å². The Hall–Kier alpha value is -3.42. The van der Waals surface area contributed by atoms with Gasteiger partial charge in [-0.2, -0.15) is 0 Å². The molecule has 0 saturated heterocycles. The second-order valence-corrected chi connectivity index (χ2v) is 6.54. The lowest BCUT2D eigenvalue weighted by Crippen LogP contribution is -2.52. The number of carbonyl (C=O) groups excluding carboxylic acids is 2. The Morgan fingerprint density at radius 1 is 1.00 bits per heavy atom. The average Bonchev–Trinajstić information content (AvgIpc) is 2.67. The zero-order valence-electron chi connectivity index (χ0n) is 16.1. The van der Waals surface area contributed by atoms with Crippen LogP contribution in [0.5, 0.6) is 5.75 Å². The molecule has 0 aromatic heterocycles. The van der Waals surface area contributed by atoms with E-state index in [0.717, 1.165) is 0 Å². The summed E-state index contributed by atoms with van der Waals surface area (Å²) in [6, 6.07) is 10.2. The first kappa shape index (κ1) is 21.9. The van der Waals surface area contributed by atoms with E-state index in [9.17, 15) is 23.9 Å². The molecule has 0 aliphatic rings. The first-order valence-corrected chi connectivity index (χ1v) is 8.96. The molecule has 2 amide bonds. The lowest BCUT2D eigenvalue weighted by molar-refractivity contribution is -0.142. The number of amides is 2. The predicted molar refractivity (Wildman–Crippen MR) is 104 cm³/mol. The molecule has 8 heteroatoms. The van der Waals surface area contributed by atoms with Crippen LogP contribution in [0.3, 0.4) is 0 Å². The maximum atomic E-state index is 13.4. The van der Waals surface area contributed by atoms with Crippen LogP contribution in [0.1, 0.15) is 18.1 Å². The van der Waals surface area contributed by atoms with Gasteiger partial charge in [-0.3, -0.25) is 9.59 Å². The van der Waals surface area contributed by atoms with Crippen LogP contribution in [0.25, 0.3) is 0 Å². The normalized spacial score (nSPS) is 12.5. The van der Waals surface area contributed by atoms with Crippen molar-refractivity contribution in [3.8, 4) is 5.75 Å². The van der Waals surface area contributed by atoms with Gasteiger partial charge in [-0.15, -0.1) is 0 Å². The first-order chi connectivity index (χ1) is 13.8. The number of carboxylic acids is 1. The molecule has 0 bridgehead atoms. The topological polar surface area (TPSA) is 105 Å². The summed E-state index contributed by atoms with van der Waals surface area (Å²) >= 11 is 0. The van der Waals surface area contributed by atoms with E-state index >= 15 is 0 Å². The highest BCUT2D eigenvalue weighted by Crippen LogP contribution is 2.13. The molecule has 0 fully saturated rings. The van der Waals surface area contributed by atoms with Gasteiger partial charge in [0.05, 0.1) is 7.11 Å². The third kappa shape index (κ3) is 6.91. The molecule has 2 atom stereocenters. The molecule has 0 unspecified atom stereocenters. The molecule has 2 aromatic rings. The summed E-state index contributed by atoms with van der Waals surface area (Å²) in [6.07, 6.45) is 0.0792. The van der Waals surface area contributed by atoms with Crippen LogP contribution in [0, 0.1) is 5.82 Å². The number of halogens is 1. The van der Waals surface area contributed by atoms with Crippen molar-refractivity contribution >= 4 is 17.8 Å². The average molecular weight is 402 g/mol. The van der Waals surface area contributed by atoms with Crippen LogP contribution in [-0.4, -0.2) is 42.1 Å². The first-order valence-electron chi connectivity index (χ1n) is 8.96. The van der Waals surface area contributed by atoms with Gasteiger partial charge in [0.1, 0.15) is 23.7 Å². The minimum atomic E-state index is -1.21. The Kier molecular flexibility index (Phi) is 7.70. The van der Waals surface area contributed by atoms with Crippen molar-refractivity contribution in [3.63, 3.8) is 0 Å². The van der Waals surface area contributed by atoms with E-state index in [-0.39, 0.29) is 12.8 Å². The van der Waals surface area contributed by atoms with E-state index in [1.807, 2.05) is 0 Å². The number of nitrogens with one attached hydrogen (secondary N) is 2. The van der Waals surface area contributed by atoms with Crippen LogP contribution in [0.15, 0.2) is 48.5 Å². The number of benzene rings is 2. The lowest BCUT2D eigenvalue weighted by Gasteiger charge is -2.21. The molecule has 0 saturated carbocycles. The van der Waals surface area contributed by atoms with Crippen molar-refractivity contribution in [3.05, 3.63) is 65.5 Å². The zero-order chi connectivity index (χ0) is 21.4. The molecule has 0 radical (unpaired) electrons. The number of hydrogen-bond acceptors (Lipinski definition) is 4. The summed E-state index contributed by atoms with van der Waals surface area (Å²) in [5.74, 6) is -2.16. The van der Waals surface area contributed by atoms with Gasteiger partial charge in [-0.05, 0) is 35.4 Å². The maximum absolute atomic E-state index is 13.4. The Morgan fingerprint density at radius 2 is 1.66 bits per heavy atom. The standard InChI is InChI=1S/C21H23FN2O5/c1-13(25)23-18(12-15-4-3-5-16(22)10-15)20(26)24-19(21(27)28)11-14-6-8-17(29-2)9-7-14/h3-10,18-19H,11-12H2,1-2H3,(H,23,25)(H,24,26)(H,27,28)/t18-,19-/m1/s1. The Labute approximate surface area is 167 Å². The van der Waals surface area contributed by atoms with Gasteiger partial charge in [0, 0.05) is 19.8 Å². The summed E-state index contributed by atoms with van der Waals surface area (Å²) < 4.78 is 18.5. The molecular formula is C21H23FN2O5. The van der Waals surface area contributed by atoms with Gasteiger partial charge in [0.25, 0.3) is 0 Å². The third-order valence-electron chi connectivity index (χ3n) is 4.24. The fraction of sp³-hybridized carbons (Fsp3) is 0.286. The maximum Gasteiger partial charge on any atom is 0.326 e. The molecule has 29 heavy (non-hydrogen) atoms. The van der Waals surface area contributed by atoms with Gasteiger partial charge in [0.2, 0.25) is 11.8 Å². The van der Waals surface area contributed by atoms with E-state index in [1.54, 1.807) is 30.3 Å². The van der Waals surface area contributed by atoms with E-state index in [4.69, 9.17) is 4.74 Å². The van der Waals surface area contributed by atoms with E-state index in [2.05, 4.69) is 10.6 Å². The van der Waals surface area contributed by atoms with Gasteiger partial charge in [-0.1, -0.05) is 24.3 Å². The highest BCUT2D eigenvalue weighted by molar-refractivity contribution is 5.90. The highest BCUT2D eigenvalue weighted by atomic mass is 19.1. The molecule has 0 heterocycles. The Balaban J connectivity index is 2.12. The van der Waals surface area contributed by atoms with Crippen molar-refractivity contribution in [2.45, 2.75) is 31.8 Å². The summed E-state index contributed by atoms with van der Waals surface area (Å²) in [7, 11) is 1.52. The summed E-state index contributed by atoms with van der Waals surface area (Å²) in [5.41, 5.74) is 1.20. The van der Waals surface area contributed by atoms with Gasteiger partial charge in [-0.25, -0.2) is 9.18 Å². The summed E-state index contributed by atoms with van der Waals surface area (Å²) in [4.78, 5) is 35.8. The molecule has 2 rings (SSSR count). The van der Waals surface area contributed by atoms with E-state index in [1.165, 1.54) is 32.2 Å². The second-order valence-electron chi connectivity index (χ2n) is 6.54. The largest absolute Gasteiger partial charge is 0.497 e. The number of rotatable bonds is 9.